The summed E-state index contributed by atoms with van der Waals surface area (Å²) in [4.78, 5) is 14.4. The maximum atomic E-state index is 10.7. The second kappa shape index (κ2) is 6.22. The first kappa shape index (κ1) is 14.8. The zero-order chi connectivity index (χ0) is 14.7. The predicted octanol–water partition coefficient (Wildman–Crippen LogP) is 5.31. The summed E-state index contributed by atoms with van der Waals surface area (Å²) >= 11 is 17.8. The molecule has 2 aromatic carbocycles. The summed E-state index contributed by atoms with van der Waals surface area (Å²) in [6.45, 7) is 0. The van der Waals surface area contributed by atoms with Crippen LogP contribution in [0, 0.1) is 10.1 Å². The van der Waals surface area contributed by atoms with Gasteiger partial charge in [0, 0.05) is 23.4 Å². The molecule has 4 nitrogen and oxygen atoms in total. The molecule has 0 heterocycles. The van der Waals surface area contributed by atoms with Gasteiger partial charge in [0.2, 0.25) is 0 Å². The van der Waals surface area contributed by atoms with E-state index in [9.17, 15) is 10.1 Å². The molecule has 0 saturated carbocycles. The van der Waals surface area contributed by atoms with Crippen molar-refractivity contribution in [3.05, 3.63) is 67.1 Å². The van der Waals surface area contributed by atoms with Crippen LogP contribution in [0.5, 0.6) is 0 Å². The van der Waals surface area contributed by atoms with Gasteiger partial charge >= 0.3 is 0 Å². The molecular formula is C13H7Cl3N2O2. The minimum absolute atomic E-state index is 0.0118. The lowest BCUT2D eigenvalue weighted by Crippen LogP contribution is -1.89. The number of hydrogen-bond donors (Lipinski definition) is 0. The zero-order valence-electron chi connectivity index (χ0n) is 9.89. The fraction of sp³-hybridized carbons (Fsp3) is 0. The standard InChI is InChI=1S/C13H7Cl3N2O2/c14-9-5-11(15)13(12(16)6-9)17-7-8-2-1-3-10(4-8)18(19)20/h1-7H. The largest absolute Gasteiger partial charge is 0.270 e. The van der Waals surface area contributed by atoms with Gasteiger partial charge in [0.1, 0.15) is 5.69 Å². The van der Waals surface area contributed by atoms with Crippen molar-refractivity contribution in [1.82, 2.24) is 0 Å². The maximum Gasteiger partial charge on any atom is 0.270 e. The van der Waals surface area contributed by atoms with E-state index in [1.807, 2.05) is 0 Å². The highest BCUT2D eigenvalue weighted by molar-refractivity contribution is 6.41. The van der Waals surface area contributed by atoms with Crippen molar-refractivity contribution in [3.8, 4) is 0 Å². The average Bonchev–Trinajstić information content (AvgIpc) is 2.37. The molecule has 0 unspecified atom stereocenters. The van der Waals surface area contributed by atoms with Gasteiger partial charge in [-0.1, -0.05) is 46.9 Å². The molecule has 2 rings (SSSR count). The molecule has 20 heavy (non-hydrogen) atoms. The Bertz CT molecular complexity index is 679. The highest BCUT2D eigenvalue weighted by Crippen LogP contribution is 2.35. The van der Waals surface area contributed by atoms with Crippen molar-refractivity contribution in [2.75, 3.05) is 0 Å². The van der Waals surface area contributed by atoms with Crippen LogP contribution in [0.15, 0.2) is 41.4 Å². The van der Waals surface area contributed by atoms with Crippen LogP contribution >= 0.6 is 34.8 Å². The molecule has 0 aliphatic rings. The number of rotatable bonds is 3. The molecule has 2 aromatic rings. The van der Waals surface area contributed by atoms with E-state index in [1.165, 1.54) is 30.5 Å². The summed E-state index contributed by atoms with van der Waals surface area (Å²) in [6, 6.07) is 9.11. The molecule has 7 heteroatoms. The Morgan fingerprint density at radius 2 is 1.75 bits per heavy atom. The van der Waals surface area contributed by atoms with Gasteiger partial charge in [-0.15, -0.1) is 0 Å². The van der Waals surface area contributed by atoms with Crippen molar-refractivity contribution < 1.29 is 4.92 Å². The van der Waals surface area contributed by atoms with Crippen LogP contribution in [0.2, 0.25) is 15.1 Å². The van der Waals surface area contributed by atoms with E-state index >= 15 is 0 Å². The molecule has 0 aromatic heterocycles. The number of hydrogen-bond acceptors (Lipinski definition) is 3. The van der Waals surface area contributed by atoms with Crippen LogP contribution in [0.4, 0.5) is 11.4 Å². The first-order valence-corrected chi connectivity index (χ1v) is 6.54. The molecule has 0 spiro atoms. The molecule has 0 saturated heterocycles. The first-order valence-electron chi connectivity index (χ1n) is 5.40. The number of nitro groups is 1. The number of halogens is 3. The van der Waals surface area contributed by atoms with E-state index in [4.69, 9.17) is 34.8 Å². The highest BCUT2D eigenvalue weighted by atomic mass is 35.5. The van der Waals surface area contributed by atoms with Crippen molar-refractivity contribution in [1.29, 1.82) is 0 Å². The smallest absolute Gasteiger partial charge is 0.258 e. The molecule has 0 amide bonds. The van der Waals surface area contributed by atoms with Crippen molar-refractivity contribution in [2.24, 2.45) is 4.99 Å². The quantitative estimate of drug-likeness (QED) is 0.435. The first-order chi connectivity index (χ1) is 9.47. The van der Waals surface area contributed by atoms with Gasteiger partial charge in [-0.25, -0.2) is 0 Å². The van der Waals surface area contributed by atoms with E-state index in [0.717, 1.165) is 0 Å². The highest BCUT2D eigenvalue weighted by Gasteiger charge is 2.07. The molecule has 0 atom stereocenters. The van der Waals surface area contributed by atoms with Gasteiger partial charge in [-0.3, -0.25) is 15.1 Å². The number of aliphatic imine (C=N–C) groups is 1. The van der Waals surface area contributed by atoms with Crippen molar-refractivity contribution in [3.63, 3.8) is 0 Å². The number of non-ortho nitro benzene ring substituents is 1. The third kappa shape index (κ3) is 3.48. The Labute approximate surface area is 129 Å². The Kier molecular flexibility index (Phi) is 4.60. The minimum atomic E-state index is -0.473. The lowest BCUT2D eigenvalue weighted by Gasteiger charge is -2.02. The summed E-state index contributed by atoms with van der Waals surface area (Å²) in [6.07, 6.45) is 1.45. The summed E-state index contributed by atoms with van der Waals surface area (Å²) in [5.41, 5.74) is 0.924. The SMILES string of the molecule is O=[N+]([O-])c1cccc(C=Nc2c(Cl)cc(Cl)cc2Cl)c1. The Hall–Kier alpha value is -1.62. The third-order valence-corrected chi connectivity index (χ3v) is 3.20. The molecular weight excluding hydrogens is 323 g/mol. The van der Waals surface area contributed by atoms with Crippen LogP contribution < -0.4 is 0 Å². The van der Waals surface area contributed by atoms with Gasteiger partial charge in [0.05, 0.1) is 15.0 Å². The normalized spacial score (nSPS) is 10.9. The number of benzene rings is 2. The second-order valence-corrected chi connectivity index (χ2v) is 5.08. The Morgan fingerprint density at radius 3 is 2.35 bits per heavy atom. The van der Waals surface area contributed by atoms with Crippen LogP contribution in [0.3, 0.4) is 0 Å². The van der Waals surface area contributed by atoms with Crippen LogP contribution in [0.1, 0.15) is 5.56 Å². The van der Waals surface area contributed by atoms with E-state index in [-0.39, 0.29) is 5.69 Å². The summed E-state index contributed by atoms with van der Waals surface area (Å²) in [5.74, 6) is 0. The van der Waals surface area contributed by atoms with Gasteiger partial charge < -0.3 is 0 Å². The monoisotopic (exact) mass is 328 g/mol. The van der Waals surface area contributed by atoms with Crippen LogP contribution in [-0.2, 0) is 0 Å². The van der Waals surface area contributed by atoms with Gasteiger partial charge in [-0.2, -0.15) is 0 Å². The molecule has 0 fully saturated rings. The fourth-order valence-corrected chi connectivity index (χ4v) is 2.43. The molecule has 0 aliphatic heterocycles. The zero-order valence-corrected chi connectivity index (χ0v) is 12.2. The third-order valence-electron chi connectivity index (χ3n) is 2.41. The topological polar surface area (TPSA) is 55.5 Å². The fourth-order valence-electron chi connectivity index (χ4n) is 1.52. The van der Waals surface area contributed by atoms with E-state index < -0.39 is 4.92 Å². The summed E-state index contributed by atoms with van der Waals surface area (Å²) < 4.78 is 0. The van der Waals surface area contributed by atoms with Crippen LogP contribution in [0.25, 0.3) is 0 Å². The summed E-state index contributed by atoms with van der Waals surface area (Å²) in [5, 5.41) is 11.7. The molecule has 0 bridgehead atoms. The van der Waals surface area contributed by atoms with Crippen molar-refractivity contribution in [2.45, 2.75) is 0 Å². The van der Waals surface area contributed by atoms with Crippen LogP contribution in [-0.4, -0.2) is 11.1 Å². The number of nitrogens with zero attached hydrogens (tertiary/aromatic N) is 2. The predicted molar refractivity (Wildman–Crippen MR) is 81.8 cm³/mol. The lowest BCUT2D eigenvalue weighted by atomic mass is 10.2. The molecule has 102 valence electrons. The molecule has 0 radical (unpaired) electrons. The lowest BCUT2D eigenvalue weighted by molar-refractivity contribution is -0.384. The van der Waals surface area contributed by atoms with Gasteiger partial charge in [0.25, 0.3) is 5.69 Å². The molecule has 0 N–H and O–H groups in total. The minimum Gasteiger partial charge on any atom is -0.258 e. The van der Waals surface area contributed by atoms with E-state index in [0.29, 0.717) is 26.3 Å². The van der Waals surface area contributed by atoms with E-state index in [1.54, 1.807) is 12.1 Å². The second-order valence-electron chi connectivity index (χ2n) is 3.83. The Balaban J connectivity index is 2.35. The molecule has 0 aliphatic carbocycles. The van der Waals surface area contributed by atoms with Gasteiger partial charge in [0.15, 0.2) is 0 Å². The number of nitro benzene ring substituents is 1. The van der Waals surface area contributed by atoms with E-state index in [2.05, 4.69) is 4.99 Å². The Morgan fingerprint density at radius 1 is 1.10 bits per heavy atom. The summed E-state index contributed by atoms with van der Waals surface area (Å²) in [7, 11) is 0. The maximum absolute atomic E-state index is 10.7. The van der Waals surface area contributed by atoms with Gasteiger partial charge in [-0.05, 0) is 17.7 Å². The average molecular weight is 330 g/mol. The van der Waals surface area contributed by atoms with Crippen molar-refractivity contribution >= 4 is 52.4 Å².